The normalized spacial score (nSPS) is 22.1. The van der Waals surface area contributed by atoms with Gasteiger partial charge < -0.3 is 4.90 Å². The Morgan fingerprint density at radius 2 is 2.54 bits per heavy atom. The van der Waals surface area contributed by atoms with Crippen LogP contribution in [0.3, 0.4) is 0 Å². The molecule has 0 aliphatic carbocycles. The van der Waals surface area contributed by atoms with E-state index in [2.05, 4.69) is 6.58 Å². The molecule has 0 aromatic carbocycles. The van der Waals surface area contributed by atoms with Crippen LogP contribution in [0.2, 0.25) is 0 Å². The van der Waals surface area contributed by atoms with Gasteiger partial charge in [-0.2, -0.15) is 5.26 Å². The molecule has 0 aromatic heterocycles. The molecule has 0 spiro atoms. The lowest BCUT2D eigenvalue weighted by Gasteiger charge is -2.30. The number of hydrogen-bond acceptors (Lipinski definition) is 2. The zero-order valence-electron chi connectivity index (χ0n) is 7.70. The highest BCUT2D eigenvalue weighted by atomic mass is 16.2. The van der Waals surface area contributed by atoms with Gasteiger partial charge in [0, 0.05) is 13.1 Å². The van der Waals surface area contributed by atoms with E-state index in [0.717, 1.165) is 25.9 Å². The molecule has 1 amide bonds. The first-order valence-electron chi connectivity index (χ1n) is 4.55. The van der Waals surface area contributed by atoms with Crippen molar-refractivity contribution in [3.63, 3.8) is 0 Å². The van der Waals surface area contributed by atoms with Gasteiger partial charge in [-0.15, -0.1) is 6.58 Å². The topological polar surface area (TPSA) is 44.1 Å². The van der Waals surface area contributed by atoms with Crippen LogP contribution in [0.25, 0.3) is 0 Å². The smallest absolute Gasteiger partial charge is 0.236 e. The zero-order valence-corrected chi connectivity index (χ0v) is 7.70. The molecule has 1 atom stereocenters. The summed E-state index contributed by atoms with van der Waals surface area (Å²) in [6.07, 6.45) is 4.03. The Labute approximate surface area is 78.6 Å². The summed E-state index contributed by atoms with van der Waals surface area (Å²) in [6, 6.07) is 1.88. The fraction of sp³-hybridized carbons (Fsp3) is 0.600. The van der Waals surface area contributed by atoms with Gasteiger partial charge in [0.25, 0.3) is 0 Å². The van der Waals surface area contributed by atoms with Gasteiger partial charge in [0.2, 0.25) is 5.91 Å². The number of amides is 1. The van der Waals surface area contributed by atoms with E-state index >= 15 is 0 Å². The second kappa shape index (κ2) is 4.66. The van der Waals surface area contributed by atoms with Crippen molar-refractivity contribution in [2.24, 2.45) is 5.92 Å². The number of nitriles is 1. The van der Waals surface area contributed by atoms with Crippen LogP contribution >= 0.6 is 0 Å². The summed E-state index contributed by atoms with van der Waals surface area (Å²) >= 11 is 0. The highest BCUT2D eigenvalue weighted by Crippen LogP contribution is 2.17. The average Bonchev–Trinajstić information content (AvgIpc) is 2.18. The van der Waals surface area contributed by atoms with Gasteiger partial charge >= 0.3 is 0 Å². The van der Waals surface area contributed by atoms with Crippen LogP contribution in [0.5, 0.6) is 0 Å². The lowest BCUT2D eigenvalue weighted by Crippen LogP contribution is -2.39. The Hall–Kier alpha value is -1.30. The third-order valence-corrected chi connectivity index (χ3v) is 2.37. The van der Waals surface area contributed by atoms with Crippen LogP contribution in [0.15, 0.2) is 12.7 Å². The molecule has 0 saturated carbocycles. The van der Waals surface area contributed by atoms with Crippen LogP contribution in [0.1, 0.15) is 19.3 Å². The average molecular weight is 178 g/mol. The highest BCUT2D eigenvalue weighted by Gasteiger charge is 2.20. The van der Waals surface area contributed by atoms with Gasteiger partial charge in [-0.3, -0.25) is 4.79 Å². The van der Waals surface area contributed by atoms with Crippen LogP contribution in [0.4, 0.5) is 0 Å². The maximum absolute atomic E-state index is 11.3. The summed E-state index contributed by atoms with van der Waals surface area (Å²) in [5, 5.41) is 8.37. The van der Waals surface area contributed by atoms with Crippen molar-refractivity contribution in [3.05, 3.63) is 12.7 Å². The molecule has 1 rings (SSSR count). The van der Waals surface area contributed by atoms with Crippen LogP contribution in [-0.2, 0) is 4.79 Å². The molecule has 13 heavy (non-hydrogen) atoms. The summed E-state index contributed by atoms with van der Waals surface area (Å²) in [5.74, 6) is 0.366. The molecule has 3 heteroatoms. The minimum atomic E-state index is -0.0472. The Morgan fingerprint density at radius 3 is 3.15 bits per heavy atom. The number of nitrogens with zero attached hydrogens (tertiary/aromatic N) is 2. The van der Waals surface area contributed by atoms with E-state index in [-0.39, 0.29) is 12.3 Å². The zero-order chi connectivity index (χ0) is 9.68. The first kappa shape index (κ1) is 9.79. The number of piperidine rings is 1. The second-order valence-corrected chi connectivity index (χ2v) is 3.31. The van der Waals surface area contributed by atoms with Crippen molar-refractivity contribution in [2.75, 3.05) is 13.1 Å². The molecule has 0 unspecified atom stereocenters. The molecule has 0 radical (unpaired) electrons. The molecule has 1 fully saturated rings. The number of carbonyl (C=O) groups is 1. The summed E-state index contributed by atoms with van der Waals surface area (Å²) in [5.41, 5.74) is 0. The van der Waals surface area contributed by atoms with E-state index in [0.29, 0.717) is 5.92 Å². The highest BCUT2D eigenvalue weighted by molar-refractivity contribution is 5.78. The summed E-state index contributed by atoms with van der Waals surface area (Å²) < 4.78 is 0. The molecular formula is C10H14N2O. The molecule has 1 aliphatic rings. The molecular weight excluding hydrogens is 164 g/mol. The van der Waals surface area contributed by atoms with E-state index in [1.807, 2.05) is 12.1 Å². The van der Waals surface area contributed by atoms with E-state index in [9.17, 15) is 4.79 Å². The standard InChI is InChI=1S/C10H14N2O/c1-2-9-4-3-7-12(8-9)10(13)5-6-11/h2,9H,1,3-5,7-8H2/t9-/m1/s1. The molecule has 0 bridgehead atoms. The van der Waals surface area contributed by atoms with Gasteiger partial charge in [0.15, 0.2) is 0 Å². The first-order chi connectivity index (χ1) is 6.27. The third kappa shape index (κ3) is 2.59. The molecule has 0 aromatic rings. The Morgan fingerprint density at radius 1 is 1.77 bits per heavy atom. The monoisotopic (exact) mass is 178 g/mol. The lowest BCUT2D eigenvalue weighted by atomic mass is 9.98. The third-order valence-electron chi connectivity index (χ3n) is 2.37. The Kier molecular flexibility index (Phi) is 3.51. The first-order valence-corrected chi connectivity index (χ1v) is 4.55. The molecule has 1 heterocycles. The number of rotatable bonds is 2. The van der Waals surface area contributed by atoms with Gasteiger partial charge in [-0.1, -0.05) is 6.08 Å². The van der Waals surface area contributed by atoms with E-state index in [1.165, 1.54) is 0 Å². The fourth-order valence-corrected chi connectivity index (χ4v) is 1.61. The number of likely N-dealkylation sites (tertiary alicyclic amines) is 1. The molecule has 70 valence electrons. The number of hydrogen-bond donors (Lipinski definition) is 0. The van der Waals surface area contributed by atoms with Crippen molar-refractivity contribution < 1.29 is 4.79 Å². The van der Waals surface area contributed by atoms with Crippen LogP contribution in [0, 0.1) is 17.2 Å². The number of carbonyl (C=O) groups excluding carboxylic acids is 1. The van der Waals surface area contributed by atoms with Gasteiger partial charge in [-0.05, 0) is 18.8 Å². The van der Waals surface area contributed by atoms with Crippen molar-refractivity contribution >= 4 is 5.91 Å². The van der Waals surface area contributed by atoms with Crippen molar-refractivity contribution in [2.45, 2.75) is 19.3 Å². The van der Waals surface area contributed by atoms with Crippen molar-refractivity contribution in [1.29, 1.82) is 5.26 Å². The molecule has 0 N–H and O–H groups in total. The Bertz CT molecular complexity index is 242. The minimum absolute atomic E-state index is 0.00383. The van der Waals surface area contributed by atoms with Gasteiger partial charge in [0.05, 0.1) is 6.07 Å². The molecule has 1 aliphatic heterocycles. The Balaban J connectivity index is 2.47. The van der Waals surface area contributed by atoms with Gasteiger partial charge in [-0.25, -0.2) is 0 Å². The fourth-order valence-electron chi connectivity index (χ4n) is 1.61. The maximum Gasteiger partial charge on any atom is 0.236 e. The minimum Gasteiger partial charge on any atom is -0.341 e. The van der Waals surface area contributed by atoms with E-state index in [4.69, 9.17) is 5.26 Å². The quantitative estimate of drug-likeness (QED) is 0.599. The lowest BCUT2D eigenvalue weighted by molar-refractivity contribution is -0.131. The largest absolute Gasteiger partial charge is 0.341 e. The van der Waals surface area contributed by atoms with E-state index < -0.39 is 0 Å². The molecule has 1 saturated heterocycles. The summed E-state index contributed by atoms with van der Waals surface area (Å²) in [4.78, 5) is 13.1. The summed E-state index contributed by atoms with van der Waals surface area (Å²) in [6.45, 7) is 5.26. The summed E-state index contributed by atoms with van der Waals surface area (Å²) in [7, 11) is 0. The van der Waals surface area contributed by atoms with Crippen LogP contribution < -0.4 is 0 Å². The predicted octanol–water partition coefficient (Wildman–Crippen LogP) is 1.32. The van der Waals surface area contributed by atoms with E-state index in [1.54, 1.807) is 4.90 Å². The van der Waals surface area contributed by atoms with Crippen molar-refractivity contribution in [3.8, 4) is 6.07 Å². The predicted molar refractivity (Wildman–Crippen MR) is 49.7 cm³/mol. The maximum atomic E-state index is 11.3. The second-order valence-electron chi connectivity index (χ2n) is 3.31. The van der Waals surface area contributed by atoms with Crippen molar-refractivity contribution in [1.82, 2.24) is 4.90 Å². The van der Waals surface area contributed by atoms with Crippen LogP contribution in [-0.4, -0.2) is 23.9 Å². The van der Waals surface area contributed by atoms with Gasteiger partial charge in [0.1, 0.15) is 6.42 Å². The SMILES string of the molecule is C=C[C@@H]1CCCN(C(=O)CC#N)C1. The molecule has 3 nitrogen and oxygen atoms in total.